The quantitative estimate of drug-likeness (QED) is 0.487. The number of nitrogens with zero attached hydrogens (tertiary/aromatic N) is 3. The van der Waals surface area contributed by atoms with Crippen molar-refractivity contribution in [2.24, 2.45) is 10.8 Å². The molecular weight excluding hydrogens is 174 g/mol. The number of nitrogens with two attached hydrogens (primary N) is 1. The number of carbonyl (C=O) groups is 1. The number of rotatable bonds is 2. The average molecular weight is 183 g/mol. The summed E-state index contributed by atoms with van der Waals surface area (Å²) in [6, 6.07) is -0.728. The molecule has 1 heterocycles. The van der Waals surface area contributed by atoms with Gasteiger partial charge in [0.2, 0.25) is 0 Å². The second kappa shape index (κ2) is 3.65. The Morgan fingerprint density at radius 1 is 1.62 bits per heavy atom. The first-order valence-corrected chi connectivity index (χ1v) is 3.50. The highest BCUT2D eigenvalue weighted by atomic mass is 16.6. The molecule has 0 fully saturated rings. The van der Waals surface area contributed by atoms with E-state index >= 15 is 0 Å². The maximum absolute atomic E-state index is 10.3. The van der Waals surface area contributed by atoms with Gasteiger partial charge in [0.25, 0.3) is 0 Å². The maximum atomic E-state index is 10.3. The third-order valence-electron chi connectivity index (χ3n) is 1.33. The number of urea groups is 1. The zero-order valence-electron chi connectivity index (χ0n) is 7.24. The molecule has 0 saturated heterocycles. The third-order valence-corrected chi connectivity index (χ3v) is 1.33. The largest absolute Gasteiger partial charge is 0.350 e. The van der Waals surface area contributed by atoms with Crippen molar-refractivity contribution in [3.05, 3.63) is 11.4 Å². The molecule has 1 aromatic rings. The minimum absolute atomic E-state index is 0.484. The van der Waals surface area contributed by atoms with Crippen LogP contribution in [0.2, 0.25) is 0 Å². The van der Waals surface area contributed by atoms with Crippen LogP contribution in [0.25, 0.3) is 0 Å². The Balaban J connectivity index is 2.78. The monoisotopic (exact) mass is 183 g/mol. The number of hydrogen-bond donors (Lipinski definition) is 2. The fourth-order valence-electron chi connectivity index (χ4n) is 0.752. The van der Waals surface area contributed by atoms with Crippen molar-refractivity contribution in [3.8, 4) is 0 Å². The van der Waals surface area contributed by atoms with Crippen molar-refractivity contribution >= 4 is 11.7 Å². The van der Waals surface area contributed by atoms with Gasteiger partial charge in [-0.2, -0.15) is 5.10 Å². The van der Waals surface area contributed by atoms with Gasteiger partial charge >= 0.3 is 6.03 Å². The molecule has 13 heavy (non-hydrogen) atoms. The molecule has 0 atom stereocenters. The lowest BCUT2D eigenvalue weighted by atomic mass is 10.2. The van der Waals surface area contributed by atoms with E-state index in [0.29, 0.717) is 17.1 Å². The summed E-state index contributed by atoms with van der Waals surface area (Å²) in [5, 5.41) is 10.8. The Kier molecular flexibility index (Phi) is 2.58. The highest BCUT2D eigenvalue weighted by Gasteiger charge is 2.08. The van der Waals surface area contributed by atoms with Crippen LogP contribution in [0.3, 0.4) is 0 Å². The maximum Gasteiger partial charge on any atom is 0.332 e. The van der Waals surface area contributed by atoms with Gasteiger partial charge in [0.15, 0.2) is 5.69 Å². The lowest BCUT2D eigenvalue weighted by Gasteiger charge is -1.95. The van der Waals surface area contributed by atoms with Crippen molar-refractivity contribution in [2.45, 2.75) is 13.8 Å². The van der Waals surface area contributed by atoms with E-state index in [1.54, 1.807) is 13.8 Å². The van der Waals surface area contributed by atoms with Gasteiger partial charge in [-0.05, 0) is 19.0 Å². The molecule has 1 aromatic heterocycles. The lowest BCUT2D eigenvalue weighted by Crippen LogP contribution is -2.25. The minimum Gasteiger partial charge on any atom is -0.350 e. The van der Waals surface area contributed by atoms with Gasteiger partial charge in [0, 0.05) is 0 Å². The number of hydrazone groups is 1. The van der Waals surface area contributed by atoms with Gasteiger partial charge in [-0.3, -0.25) is 0 Å². The van der Waals surface area contributed by atoms with Crippen molar-refractivity contribution in [3.63, 3.8) is 0 Å². The SMILES string of the molecule is C/C(=N\NC(N)=O)c1nonc1C. The molecule has 0 saturated carbocycles. The van der Waals surface area contributed by atoms with Crippen LogP contribution in [0.4, 0.5) is 4.79 Å². The Bertz CT molecular complexity index is 343. The summed E-state index contributed by atoms with van der Waals surface area (Å²) in [5.74, 6) is 0. The third kappa shape index (κ3) is 2.26. The molecule has 0 unspecified atom stereocenters. The number of amides is 2. The van der Waals surface area contributed by atoms with Crippen LogP contribution < -0.4 is 11.2 Å². The van der Waals surface area contributed by atoms with E-state index in [2.05, 4.69) is 25.5 Å². The first-order chi connectivity index (χ1) is 6.11. The van der Waals surface area contributed by atoms with Gasteiger partial charge in [-0.25, -0.2) is 14.8 Å². The second-order valence-corrected chi connectivity index (χ2v) is 2.37. The van der Waals surface area contributed by atoms with Crippen LogP contribution in [0.15, 0.2) is 9.73 Å². The molecule has 0 aliphatic heterocycles. The molecule has 0 aromatic carbocycles. The van der Waals surface area contributed by atoms with Crippen LogP contribution in [0.5, 0.6) is 0 Å². The lowest BCUT2D eigenvalue weighted by molar-refractivity contribution is 0.249. The van der Waals surface area contributed by atoms with E-state index in [9.17, 15) is 4.79 Å². The molecule has 2 amide bonds. The highest BCUT2D eigenvalue weighted by molar-refractivity contribution is 5.98. The molecule has 3 N–H and O–H groups in total. The van der Waals surface area contributed by atoms with E-state index in [4.69, 9.17) is 5.73 Å². The topological polar surface area (TPSA) is 106 Å². The first kappa shape index (κ1) is 9.17. The number of primary amides is 1. The average Bonchev–Trinajstić information content (AvgIpc) is 2.47. The highest BCUT2D eigenvalue weighted by Crippen LogP contribution is 2.01. The number of aromatic nitrogens is 2. The fraction of sp³-hybridized carbons (Fsp3) is 0.333. The van der Waals surface area contributed by atoms with Crippen molar-refractivity contribution < 1.29 is 9.42 Å². The van der Waals surface area contributed by atoms with Crippen LogP contribution in [0, 0.1) is 6.92 Å². The minimum atomic E-state index is -0.728. The summed E-state index contributed by atoms with van der Waals surface area (Å²) >= 11 is 0. The fourth-order valence-corrected chi connectivity index (χ4v) is 0.752. The summed E-state index contributed by atoms with van der Waals surface area (Å²) in [6.45, 7) is 3.37. The zero-order chi connectivity index (χ0) is 9.84. The molecular formula is C6H9N5O2. The predicted octanol–water partition coefficient (Wildman–Crippen LogP) is -0.230. The number of hydrogen-bond acceptors (Lipinski definition) is 5. The molecule has 1 rings (SSSR count). The molecule has 0 spiro atoms. The van der Waals surface area contributed by atoms with Crippen LogP contribution in [0.1, 0.15) is 18.3 Å². The number of carbonyl (C=O) groups excluding carboxylic acids is 1. The predicted molar refractivity (Wildman–Crippen MR) is 44.0 cm³/mol. The van der Waals surface area contributed by atoms with Crippen LogP contribution in [-0.2, 0) is 0 Å². The Hall–Kier alpha value is -1.92. The zero-order valence-corrected chi connectivity index (χ0v) is 7.24. The summed E-state index contributed by atoms with van der Waals surface area (Å²) in [7, 11) is 0. The molecule has 7 heteroatoms. The Labute approximate surface area is 73.9 Å². The molecule has 7 nitrogen and oxygen atoms in total. The van der Waals surface area contributed by atoms with E-state index in [-0.39, 0.29) is 0 Å². The first-order valence-electron chi connectivity index (χ1n) is 3.50. The molecule has 0 bridgehead atoms. The summed E-state index contributed by atoms with van der Waals surface area (Å²) in [6.07, 6.45) is 0. The Morgan fingerprint density at radius 3 is 2.77 bits per heavy atom. The van der Waals surface area contributed by atoms with Gasteiger partial charge < -0.3 is 5.73 Å². The van der Waals surface area contributed by atoms with E-state index in [1.807, 2.05) is 0 Å². The van der Waals surface area contributed by atoms with Crippen molar-refractivity contribution in [2.75, 3.05) is 0 Å². The summed E-state index contributed by atoms with van der Waals surface area (Å²) < 4.78 is 4.45. The van der Waals surface area contributed by atoms with Crippen molar-refractivity contribution in [1.82, 2.24) is 15.7 Å². The normalized spacial score (nSPS) is 11.4. The van der Waals surface area contributed by atoms with E-state index in [0.717, 1.165) is 0 Å². The molecule has 0 aliphatic rings. The van der Waals surface area contributed by atoms with Gasteiger partial charge in [-0.15, -0.1) is 0 Å². The van der Waals surface area contributed by atoms with Crippen LogP contribution >= 0.6 is 0 Å². The van der Waals surface area contributed by atoms with Gasteiger partial charge in [-0.1, -0.05) is 5.16 Å². The second-order valence-electron chi connectivity index (χ2n) is 2.37. The smallest absolute Gasteiger partial charge is 0.332 e. The van der Waals surface area contributed by atoms with Gasteiger partial charge in [0.05, 0.1) is 5.71 Å². The number of aryl methyl sites for hydroxylation is 1. The molecule has 70 valence electrons. The van der Waals surface area contributed by atoms with E-state index in [1.165, 1.54) is 0 Å². The van der Waals surface area contributed by atoms with Gasteiger partial charge in [0.1, 0.15) is 5.69 Å². The summed E-state index contributed by atoms with van der Waals surface area (Å²) in [4.78, 5) is 10.3. The van der Waals surface area contributed by atoms with E-state index < -0.39 is 6.03 Å². The molecule has 0 aliphatic carbocycles. The summed E-state index contributed by atoms with van der Waals surface area (Å²) in [5.41, 5.74) is 8.48. The van der Waals surface area contributed by atoms with Crippen LogP contribution in [-0.4, -0.2) is 22.1 Å². The molecule has 0 radical (unpaired) electrons. The van der Waals surface area contributed by atoms with Crippen molar-refractivity contribution in [1.29, 1.82) is 0 Å². The number of nitrogens with one attached hydrogen (secondary N) is 1. The standard InChI is InChI=1S/C6H9N5O2/c1-3(8-9-6(7)12)5-4(2)10-13-11-5/h1-2H3,(H3,7,9,12)/b8-3+. The Morgan fingerprint density at radius 2 is 2.31 bits per heavy atom.